The summed E-state index contributed by atoms with van der Waals surface area (Å²) in [6.07, 6.45) is 1.79. The first kappa shape index (κ1) is 16.5. The van der Waals surface area contributed by atoms with Crippen LogP contribution in [0.4, 0.5) is 0 Å². The molecule has 0 aliphatic heterocycles. The molecule has 0 aliphatic carbocycles. The van der Waals surface area contributed by atoms with E-state index in [1.54, 1.807) is 0 Å². The first-order valence-corrected chi connectivity index (χ1v) is 10.3. The lowest BCUT2D eigenvalue weighted by Gasteiger charge is -2.32. The number of benzene rings is 1. The Morgan fingerprint density at radius 2 is 1.80 bits per heavy atom. The Bertz CT molecular complexity index is 534. The Hall–Kier alpha value is -1.52. The minimum atomic E-state index is -1.67. The molecule has 106 valence electrons. The third kappa shape index (κ3) is 5.63. The maximum absolute atomic E-state index is 6.24. The van der Waals surface area contributed by atoms with Crippen LogP contribution in [0.25, 0.3) is 0 Å². The highest BCUT2D eigenvalue weighted by Crippen LogP contribution is 2.27. The molecule has 20 heavy (non-hydrogen) atoms. The van der Waals surface area contributed by atoms with Crippen LogP contribution in [0.15, 0.2) is 48.7 Å². The van der Waals surface area contributed by atoms with E-state index in [1.807, 2.05) is 36.4 Å². The van der Waals surface area contributed by atoms with Crippen molar-refractivity contribution in [2.45, 2.75) is 39.6 Å². The SMILES string of the molecule is C=C=CC(C)(C)[C@@H](C#Cc1ccccc1)O[Si](C)(C)C. The second-order valence-electron chi connectivity index (χ2n) is 6.42. The van der Waals surface area contributed by atoms with Crippen LogP contribution in [-0.4, -0.2) is 14.4 Å². The van der Waals surface area contributed by atoms with E-state index in [0.29, 0.717) is 0 Å². The number of hydrogen-bond acceptors (Lipinski definition) is 1. The molecule has 0 fully saturated rings. The van der Waals surface area contributed by atoms with Crippen molar-refractivity contribution in [2.24, 2.45) is 5.41 Å². The molecule has 0 unspecified atom stereocenters. The molecular weight excluding hydrogens is 260 g/mol. The third-order valence-corrected chi connectivity index (χ3v) is 3.69. The fourth-order valence-electron chi connectivity index (χ4n) is 1.73. The first-order valence-electron chi connectivity index (χ1n) is 6.86. The van der Waals surface area contributed by atoms with Crippen LogP contribution >= 0.6 is 0 Å². The van der Waals surface area contributed by atoms with Crippen molar-refractivity contribution in [2.75, 3.05) is 0 Å². The summed E-state index contributed by atoms with van der Waals surface area (Å²) in [5.41, 5.74) is 3.67. The molecule has 0 amide bonds. The Morgan fingerprint density at radius 3 is 2.30 bits per heavy atom. The summed E-state index contributed by atoms with van der Waals surface area (Å²) < 4.78 is 6.24. The summed E-state index contributed by atoms with van der Waals surface area (Å²) >= 11 is 0. The van der Waals surface area contributed by atoms with Gasteiger partial charge in [-0.05, 0) is 37.8 Å². The lowest BCUT2D eigenvalue weighted by Crippen LogP contribution is -2.39. The fourth-order valence-corrected chi connectivity index (χ4v) is 2.80. The lowest BCUT2D eigenvalue weighted by molar-refractivity contribution is 0.152. The highest BCUT2D eigenvalue weighted by atomic mass is 28.4. The Labute approximate surface area is 124 Å². The van der Waals surface area contributed by atoms with E-state index in [0.717, 1.165) is 5.56 Å². The van der Waals surface area contributed by atoms with Gasteiger partial charge in [0.05, 0.1) is 0 Å². The predicted octanol–water partition coefficient (Wildman–Crippen LogP) is 4.63. The van der Waals surface area contributed by atoms with Crippen molar-refractivity contribution in [1.29, 1.82) is 0 Å². The van der Waals surface area contributed by atoms with Gasteiger partial charge in [0.1, 0.15) is 6.10 Å². The highest BCUT2D eigenvalue weighted by molar-refractivity contribution is 6.69. The van der Waals surface area contributed by atoms with Gasteiger partial charge in [-0.2, -0.15) is 0 Å². The van der Waals surface area contributed by atoms with Crippen molar-refractivity contribution in [3.8, 4) is 11.8 Å². The van der Waals surface area contributed by atoms with E-state index < -0.39 is 8.32 Å². The van der Waals surface area contributed by atoms with Crippen LogP contribution < -0.4 is 0 Å². The van der Waals surface area contributed by atoms with Gasteiger partial charge in [0.15, 0.2) is 8.32 Å². The third-order valence-electron chi connectivity index (χ3n) is 2.74. The number of hydrogen-bond donors (Lipinski definition) is 0. The van der Waals surface area contributed by atoms with Gasteiger partial charge in [-0.1, -0.05) is 50.5 Å². The van der Waals surface area contributed by atoms with E-state index >= 15 is 0 Å². The van der Waals surface area contributed by atoms with Gasteiger partial charge >= 0.3 is 0 Å². The molecule has 0 heterocycles. The van der Waals surface area contributed by atoms with Crippen LogP contribution in [-0.2, 0) is 4.43 Å². The van der Waals surface area contributed by atoms with Gasteiger partial charge < -0.3 is 4.43 Å². The molecule has 1 aromatic carbocycles. The van der Waals surface area contributed by atoms with E-state index in [2.05, 4.69) is 57.6 Å². The monoisotopic (exact) mass is 284 g/mol. The van der Waals surface area contributed by atoms with E-state index in [-0.39, 0.29) is 11.5 Å². The summed E-state index contributed by atoms with van der Waals surface area (Å²) in [6.45, 7) is 14.4. The molecule has 0 aliphatic rings. The normalized spacial score (nSPS) is 12.8. The molecule has 0 saturated heterocycles. The summed E-state index contributed by atoms with van der Waals surface area (Å²) in [4.78, 5) is 0. The zero-order chi connectivity index (χ0) is 15.2. The number of rotatable bonds is 4. The van der Waals surface area contributed by atoms with Crippen LogP contribution in [0, 0.1) is 17.3 Å². The van der Waals surface area contributed by atoms with Crippen LogP contribution in [0.2, 0.25) is 19.6 Å². The summed E-state index contributed by atoms with van der Waals surface area (Å²) in [5.74, 6) is 6.49. The minimum Gasteiger partial charge on any atom is -0.403 e. The molecule has 0 radical (unpaired) electrons. The Morgan fingerprint density at radius 1 is 1.20 bits per heavy atom. The molecule has 0 aromatic heterocycles. The molecule has 0 N–H and O–H groups in total. The maximum atomic E-state index is 6.24. The fraction of sp³-hybridized carbons (Fsp3) is 0.389. The first-order chi connectivity index (χ1) is 9.24. The molecule has 1 nitrogen and oxygen atoms in total. The zero-order valence-corrected chi connectivity index (χ0v) is 14.2. The molecule has 1 atom stereocenters. The smallest absolute Gasteiger partial charge is 0.185 e. The largest absolute Gasteiger partial charge is 0.403 e. The Kier molecular flexibility index (Phi) is 5.59. The highest BCUT2D eigenvalue weighted by Gasteiger charge is 2.31. The van der Waals surface area contributed by atoms with E-state index in [4.69, 9.17) is 4.43 Å². The standard InChI is InChI=1S/C18H24OSi/c1-7-15-18(2,3)17(19-20(4,5)6)14-13-16-11-9-8-10-12-16/h8-12,15,17H,1H2,2-6H3/t17-/m1/s1. The molecule has 1 aromatic rings. The maximum Gasteiger partial charge on any atom is 0.185 e. The van der Waals surface area contributed by atoms with Crippen molar-refractivity contribution in [3.63, 3.8) is 0 Å². The van der Waals surface area contributed by atoms with Gasteiger partial charge in [-0.15, -0.1) is 5.73 Å². The molecule has 0 saturated carbocycles. The Balaban J connectivity index is 3.07. The predicted molar refractivity (Wildman–Crippen MR) is 89.0 cm³/mol. The van der Waals surface area contributed by atoms with E-state index in [9.17, 15) is 0 Å². The van der Waals surface area contributed by atoms with Gasteiger partial charge in [-0.3, -0.25) is 0 Å². The average molecular weight is 284 g/mol. The minimum absolute atomic E-state index is 0.149. The molecular formula is C18H24OSi. The van der Waals surface area contributed by atoms with Crippen molar-refractivity contribution in [3.05, 3.63) is 54.3 Å². The van der Waals surface area contributed by atoms with Crippen molar-refractivity contribution in [1.82, 2.24) is 0 Å². The molecule has 0 bridgehead atoms. The van der Waals surface area contributed by atoms with Gasteiger partial charge in [0.25, 0.3) is 0 Å². The quantitative estimate of drug-likeness (QED) is 0.445. The van der Waals surface area contributed by atoms with Crippen molar-refractivity contribution >= 4 is 8.32 Å². The van der Waals surface area contributed by atoms with Crippen LogP contribution in [0.3, 0.4) is 0 Å². The summed E-state index contributed by atoms with van der Waals surface area (Å²) in [7, 11) is -1.67. The zero-order valence-electron chi connectivity index (χ0n) is 13.2. The second-order valence-corrected chi connectivity index (χ2v) is 10.9. The lowest BCUT2D eigenvalue weighted by atomic mass is 9.87. The van der Waals surface area contributed by atoms with Gasteiger partial charge in [0.2, 0.25) is 0 Å². The van der Waals surface area contributed by atoms with Crippen LogP contribution in [0.1, 0.15) is 19.4 Å². The molecule has 2 heteroatoms. The van der Waals surface area contributed by atoms with Crippen molar-refractivity contribution < 1.29 is 4.43 Å². The summed E-state index contributed by atoms with van der Waals surface area (Å²) in [6, 6.07) is 10.00. The average Bonchev–Trinajstić information content (AvgIpc) is 2.34. The van der Waals surface area contributed by atoms with Gasteiger partial charge in [-0.25, -0.2) is 0 Å². The molecule has 1 rings (SSSR count). The van der Waals surface area contributed by atoms with E-state index in [1.165, 1.54) is 0 Å². The topological polar surface area (TPSA) is 9.23 Å². The van der Waals surface area contributed by atoms with Gasteiger partial charge in [0, 0.05) is 11.0 Å². The second kappa shape index (κ2) is 6.77. The summed E-state index contributed by atoms with van der Waals surface area (Å²) in [5, 5.41) is 0. The van der Waals surface area contributed by atoms with Crippen LogP contribution in [0.5, 0.6) is 0 Å². The molecule has 0 spiro atoms.